The van der Waals surface area contributed by atoms with Gasteiger partial charge < -0.3 is 15.7 Å². The summed E-state index contributed by atoms with van der Waals surface area (Å²) >= 11 is 0. The quantitative estimate of drug-likeness (QED) is 0.296. The van der Waals surface area contributed by atoms with E-state index in [0.29, 0.717) is 19.1 Å². The highest BCUT2D eigenvalue weighted by molar-refractivity contribution is 5.99. The molecule has 0 heterocycles. The molecule has 1 aromatic rings. The van der Waals surface area contributed by atoms with Crippen molar-refractivity contribution in [2.24, 2.45) is 10.9 Å². The number of benzene rings is 1. The topological polar surface area (TPSA) is 67.8 Å². The summed E-state index contributed by atoms with van der Waals surface area (Å²) in [5, 5.41) is 10.9. The van der Waals surface area contributed by atoms with Gasteiger partial charge in [-0.1, -0.05) is 5.16 Å². The monoisotopic (exact) mass is 316 g/mol. The van der Waals surface area contributed by atoms with Gasteiger partial charge in [0.2, 0.25) is 0 Å². The number of ether oxygens (including phenoxy) is 1. The first kappa shape index (κ1) is 16.9. The minimum absolute atomic E-state index is 0.491. The molecule has 0 aliphatic rings. The predicted octanol–water partition coefficient (Wildman–Crippen LogP) is 3.13. The average molecular weight is 316 g/mol. The van der Waals surface area contributed by atoms with Crippen molar-refractivity contribution >= 4 is 5.84 Å². The van der Waals surface area contributed by atoms with Crippen LogP contribution in [-0.2, 0) is 6.18 Å². The number of hydrogen-bond donors (Lipinski definition) is 2. The summed E-state index contributed by atoms with van der Waals surface area (Å²) in [5.41, 5.74) is 3.06. The van der Waals surface area contributed by atoms with Crippen molar-refractivity contribution in [3.63, 3.8) is 0 Å². The summed E-state index contributed by atoms with van der Waals surface area (Å²) in [6, 6.07) is 1.84. The van der Waals surface area contributed by atoms with E-state index < -0.39 is 41.2 Å². The lowest BCUT2D eigenvalue weighted by Gasteiger charge is -2.19. The summed E-state index contributed by atoms with van der Waals surface area (Å²) in [5.74, 6) is -1.39. The fraction of sp³-hybridized carbons (Fsp3) is 0.364. The highest BCUT2D eigenvalue weighted by Crippen LogP contribution is 2.34. The predicted molar refractivity (Wildman–Crippen MR) is 60.1 cm³/mol. The van der Waals surface area contributed by atoms with Crippen molar-refractivity contribution in [2.75, 3.05) is 0 Å². The Kier molecular flexibility index (Phi) is 4.59. The van der Waals surface area contributed by atoms with Crippen molar-refractivity contribution < 1.29 is 36.3 Å². The largest absolute Gasteiger partial charge is 0.481 e. The summed E-state index contributed by atoms with van der Waals surface area (Å²) < 4.78 is 79.6. The Bertz CT molecular complexity index is 538. The van der Waals surface area contributed by atoms with Crippen LogP contribution in [0.5, 0.6) is 5.75 Å². The van der Waals surface area contributed by atoms with Crippen LogP contribution in [0.15, 0.2) is 23.4 Å². The van der Waals surface area contributed by atoms with E-state index in [4.69, 9.17) is 10.9 Å². The second-order valence-corrected chi connectivity index (χ2v) is 3.99. The van der Waals surface area contributed by atoms with Crippen LogP contribution in [0.2, 0.25) is 0 Å². The van der Waals surface area contributed by atoms with Crippen LogP contribution >= 0.6 is 0 Å². The minimum atomic E-state index is -4.82. The fourth-order valence-electron chi connectivity index (χ4n) is 1.38. The number of halogens is 6. The Morgan fingerprint density at radius 3 is 2.24 bits per heavy atom. The summed E-state index contributed by atoms with van der Waals surface area (Å²) in [6.07, 6.45) is -11.7. The molecule has 0 aliphatic carbocycles. The third-order valence-electron chi connectivity index (χ3n) is 2.45. The third kappa shape index (κ3) is 4.17. The lowest BCUT2D eigenvalue weighted by Crippen LogP contribution is -2.31. The molecule has 1 aromatic carbocycles. The van der Waals surface area contributed by atoms with Crippen LogP contribution in [0.3, 0.4) is 0 Å². The molecule has 0 amide bonds. The van der Waals surface area contributed by atoms with E-state index >= 15 is 0 Å². The number of nitrogens with two attached hydrogens (primary N) is 1. The molecule has 1 atom stereocenters. The summed E-state index contributed by atoms with van der Waals surface area (Å²) in [6.45, 7) is 0.695. The van der Waals surface area contributed by atoms with Gasteiger partial charge in [-0.05, 0) is 25.1 Å². The smallest absolute Gasteiger partial charge is 0.425 e. The van der Waals surface area contributed by atoms with E-state index in [0.717, 1.165) is 6.07 Å². The molecule has 0 saturated heterocycles. The molecular weight excluding hydrogens is 306 g/mol. The lowest BCUT2D eigenvalue weighted by molar-refractivity contribution is -0.189. The highest BCUT2D eigenvalue weighted by Gasteiger charge is 2.39. The fourth-order valence-corrected chi connectivity index (χ4v) is 1.38. The van der Waals surface area contributed by atoms with Gasteiger partial charge in [0, 0.05) is 5.56 Å². The molecule has 21 heavy (non-hydrogen) atoms. The normalized spacial score (nSPS) is 14.9. The van der Waals surface area contributed by atoms with Gasteiger partial charge >= 0.3 is 12.4 Å². The second kappa shape index (κ2) is 5.70. The van der Waals surface area contributed by atoms with E-state index in [-0.39, 0.29) is 0 Å². The van der Waals surface area contributed by atoms with Crippen LogP contribution < -0.4 is 10.5 Å². The van der Waals surface area contributed by atoms with Crippen molar-refractivity contribution in [1.29, 1.82) is 0 Å². The molecule has 0 aliphatic heterocycles. The van der Waals surface area contributed by atoms with E-state index in [1.165, 1.54) is 0 Å². The molecular formula is C11H10F6N2O2. The first-order chi connectivity index (χ1) is 9.46. The standard InChI is InChI=1S/C11H10F6N2O2/c1-5(10(12,13)14)21-6-2-3-8(11(15,16)17)7(4-6)9(18)19-20/h2-5,20H,1H3,(H2,18,19). The maximum absolute atomic E-state index is 12.7. The first-order valence-electron chi connectivity index (χ1n) is 5.39. The molecule has 0 radical (unpaired) electrons. The van der Waals surface area contributed by atoms with Gasteiger partial charge in [0.25, 0.3) is 0 Å². The third-order valence-corrected chi connectivity index (χ3v) is 2.45. The number of alkyl halides is 6. The minimum Gasteiger partial charge on any atom is -0.481 e. The van der Waals surface area contributed by atoms with Gasteiger partial charge in [0.05, 0.1) is 5.56 Å². The summed E-state index contributed by atoms with van der Waals surface area (Å²) in [7, 11) is 0. The van der Waals surface area contributed by atoms with Crippen LogP contribution in [0.25, 0.3) is 0 Å². The second-order valence-electron chi connectivity index (χ2n) is 3.99. The van der Waals surface area contributed by atoms with Gasteiger partial charge in [0.15, 0.2) is 11.9 Å². The Morgan fingerprint density at radius 2 is 1.81 bits per heavy atom. The van der Waals surface area contributed by atoms with E-state index in [1.807, 2.05) is 0 Å². The van der Waals surface area contributed by atoms with Crippen LogP contribution in [-0.4, -0.2) is 23.3 Å². The zero-order valence-electron chi connectivity index (χ0n) is 10.5. The number of rotatable bonds is 3. The molecule has 0 aromatic heterocycles. The van der Waals surface area contributed by atoms with Crippen molar-refractivity contribution in [1.82, 2.24) is 0 Å². The molecule has 0 spiro atoms. The maximum Gasteiger partial charge on any atom is 0.425 e. The first-order valence-corrected chi connectivity index (χ1v) is 5.39. The van der Waals surface area contributed by atoms with Gasteiger partial charge in [-0.25, -0.2) is 0 Å². The highest BCUT2D eigenvalue weighted by atomic mass is 19.4. The Morgan fingerprint density at radius 1 is 1.24 bits per heavy atom. The maximum atomic E-state index is 12.7. The number of hydrogen-bond acceptors (Lipinski definition) is 3. The number of nitrogens with zero attached hydrogens (tertiary/aromatic N) is 1. The Labute approximate surface area is 114 Å². The molecule has 0 fully saturated rings. The SMILES string of the molecule is CC(Oc1ccc(C(F)(F)F)c(/C(N)=N/O)c1)C(F)(F)F. The zero-order chi connectivity index (χ0) is 16.4. The van der Waals surface area contributed by atoms with Crippen molar-refractivity contribution in [3.05, 3.63) is 29.3 Å². The molecule has 4 nitrogen and oxygen atoms in total. The summed E-state index contributed by atoms with van der Waals surface area (Å²) in [4.78, 5) is 0. The van der Waals surface area contributed by atoms with Crippen LogP contribution in [0.1, 0.15) is 18.1 Å². The van der Waals surface area contributed by atoms with Crippen molar-refractivity contribution in [2.45, 2.75) is 25.4 Å². The zero-order valence-corrected chi connectivity index (χ0v) is 10.5. The van der Waals surface area contributed by atoms with Gasteiger partial charge in [0.1, 0.15) is 5.75 Å². The molecule has 10 heteroatoms. The van der Waals surface area contributed by atoms with Gasteiger partial charge in [-0.2, -0.15) is 26.3 Å². The average Bonchev–Trinajstić information content (AvgIpc) is 2.35. The molecule has 118 valence electrons. The lowest BCUT2D eigenvalue weighted by atomic mass is 10.1. The molecule has 0 saturated carbocycles. The Balaban J connectivity index is 3.23. The van der Waals surface area contributed by atoms with Gasteiger partial charge in [-0.3, -0.25) is 0 Å². The molecule has 1 rings (SSSR count). The number of amidine groups is 1. The van der Waals surface area contributed by atoms with Gasteiger partial charge in [-0.15, -0.1) is 0 Å². The van der Waals surface area contributed by atoms with E-state index in [2.05, 4.69) is 9.89 Å². The van der Waals surface area contributed by atoms with Crippen LogP contribution in [0, 0.1) is 0 Å². The molecule has 3 N–H and O–H groups in total. The van der Waals surface area contributed by atoms with Crippen molar-refractivity contribution in [3.8, 4) is 5.75 Å². The molecule has 0 bridgehead atoms. The molecule has 1 unspecified atom stereocenters. The van der Waals surface area contributed by atoms with E-state index in [1.54, 1.807) is 0 Å². The van der Waals surface area contributed by atoms with E-state index in [9.17, 15) is 26.3 Å². The number of oxime groups is 1. The van der Waals surface area contributed by atoms with Crippen LogP contribution in [0.4, 0.5) is 26.3 Å². The Hall–Kier alpha value is -2.13.